The maximum atomic E-state index is 12.1. The SMILES string of the molecule is CCNCc1ccc(CS(=O)(=O)NCC2CCSC2)cc1. The molecule has 1 aromatic rings. The Morgan fingerprint density at radius 3 is 2.57 bits per heavy atom. The average molecular weight is 329 g/mol. The van der Waals surface area contributed by atoms with E-state index in [1.165, 1.54) is 5.56 Å². The fourth-order valence-corrected chi connectivity index (χ4v) is 4.79. The predicted molar refractivity (Wildman–Crippen MR) is 89.9 cm³/mol. The van der Waals surface area contributed by atoms with Gasteiger partial charge >= 0.3 is 0 Å². The van der Waals surface area contributed by atoms with Crippen molar-refractivity contribution in [2.24, 2.45) is 5.92 Å². The van der Waals surface area contributed by atoms with Crippen LogP contribution in [0.5, 0.6) is 0 Å². The molecular weight excluding hydrogens is 304 g/mol. The molecule has 1 atom stereocenters. The predicted octanol–water partition coefficient (Wildman–Crippen LogP) is 1.97. The van der Waals surface area contributed by atoms with Gasteiger partial charge in [0.2, 0.25) is 10.0 Å². The Morgan fingerprint density at radius 1 is 1.24 bits per heavy atom. The Kier molecular flexibility index (Phi) is 6.54. The molecule has 21 heavy (non-hydrogen) atoms. The fraction of sp³-hybridized carbons (Fsp3) is 0.600. The van der Waals surface area contributed by atoms with Crippen LogP contribution >= 0.6 is 11.8 Å². The Morgan fingerprint density at radius 2 is 1.95 bits per heavy atom. The Hall–Kier alpha value is -0.560. The summed E-state index contributed by atoms with van der Waals surface area (Å²) >= 11 is 1.90. The molecule has 0 bridgehead atoms. The molecule has 1 aliphatic heterocycles. The maximum absolute atomic E-state index is 12.1. The van der Waals surface area contributed by atoms with E-state index in [0.717, 1.165) is 36.6 Å². The molecule has 2 N–H and O–H groups in total. The van der Waals surface area contributed by atoms with Gasteiger partial charge in [0.05, 0.1) is 5.75 Å². The van der Waals surface area contributed by atoms with Crippen LogP contribution in [0, 0.1) is 5.92 Å². The standard InChI is InChI=1S/C15H24N2O2S2/c1-2-16-9-13-3-5-14(6-4-13)12-21(18,19)17-10-15-7-8-20-11-15/h3-6,15-17H,2,7-12H2,1H3. The monoisotopic (exact) mass is 328 g/mol. The first kappa shape index (κ1) is 16.8. The smallest absolute Gasteiger partial charge is 0.215 e. The zero-order valence-electron chi connectivity index (χ0n) is 12.5. The van der Waals surface area contributed by atoms with Gasteiger partial charge in [0, 0.05) is 13.1 Å². The Balaban J connectivity index is 1.84. The van der Waals surface area contributed by atoms with E-state index in [1.54, 1.807) is 0 Å². The second-order valence-electron chi connectivity index (χ2n) is 5.43. The van der Waals surface area contributed by atoms with Crippen LogP contribution < -0.4 is 10.0 Å². The maximum Gasteiger partial charge on any atom is 0.215 e. The van der Waals surface area contributed by atoms with E-state index in [2.05, 4.69) is 17.0 Å². The molecule has 1 heterocycles. The van der Waals surface area contributed by atoms with Crippen LogP contribution in [0.25, 0.3) is 0 Å². The summed E-state index contributed by atoms with van der Waals surface area (Å²) in [5.74, 6) is 2.78. The number of sulfonamides is 1. The van der Waals surface area contributed by atoms with E-state index in [4.69, 9.17) is 0 Å². The van der Waals surface area contributed by atoms with Gasteiger partial charge < -0.3 is 5.32 Å². The summed E-state index contributed by atoms with van der Waals surface area (Å²) in [6.45, 7) is 4.39. The molecule has 0 radical (unpaired) electrons. The van der Waals surface area contributed by atoms with E-state index in [1.807, 2.05) is 36.0 Å². The third kappa shape index (κ3) is 5.98. The molecule has 4 nitrogen and oxygen atoms in total. The van der Waals surface area contributed by atoms with Crippen molar-refractivity contribution in [3.8, 4) is 0 Å². The molecule has 1 unspecified atom stereocenters. The largest absolute Gasteiger partial charge is 0.313 e. The summed E-state index contributed by atoms with van der Waals surface area (Å²) in [5, 5.41) is 3.25. The molecule has 2 rings (SSSR count). The van der Waals surface area contributed by atoms with Crippen LogP contribution in [0.3, 0.4) is 0 Å². The number of hydrogen-bond donors (Lipinski definition) is 2. The van der Waals surface area contributed by atoms with E-state index >= 15 is 0 Å². The number of nitrogens with one attached hydrogen (secondary N) is 2. The topological polar surface area (TPSA) is 58.2 Å². The molecule has 0 aromatic heterocycles. The van der Waals surface area contributed by atoms with E-state index < -0.39 is 10.0 Å². The normalized spacial score (nSPS) is 19.0. The molecule has 118 valence electrons. The lowest BCUT2D eigenvalue weighted by atomic mass is 10.1. The summed E-state index contributed by atoms with van der Waals surface area (Å²) in [6, 6.07) is 7.77. The lowest BCUT2D eigenvalue weighted by Crippen LogP contribution is -2.30. The quantitative estimate of drug-likeness (QED) is 0.766. The summed E-state index contributed by atoms with van der Waals surface area (Å²) < 4.78 is 26.9. The van der Waals surface area contributed by atoms with Crippen molar-refractivity contribution in [2.45, 2.75) is 25.6 Å². The third-order valence-corrected chi connectivity index (χ3v) is 6.13. The number of hydrogen-bond acceptors (Lipinski definition) is 4. The molecule has 1 saturated heterocycles. The van der Waals surface area contributed by atoms with E-state index in [-0.39, 0.29) is 5.75 Å². The highest BCUT2D eigenvalue weighted by molar-refractivity contribution is 7.99. The summed E-state index contributed by atoms with van der Waals surface area (Å²) in [7, 11) is -3.23. The highest BCUT2D eigenvalue weighted by atomic mass is 32.2. The first-order valence-electron chi connectivity index (χ1n) is 7.42. The van der Waals surface area contributed by atoms with Gasteiger partial charge in [-0.15, -0.1) is 0 Å². The molecule has 0 saturated carbocycles. The van der Waals surface area contributed by atoms with Crippen molar-refractivity contribution in [3.63, 3.8) is 0 Å². The lowest BCUT2D eigenvalue weighted by Gasteiger charge is -2.11. The second-order valence-corrected chi connectivity index (χ2v) is 8.39. The molecule has 0 spiro atoms. The van der Waals surface area contributed by atoms with Crippen LogP contribution in [0.15, 0.2) is 24.3 Å². The summed E-state index contributed by atoms with van der Waals surface area (Å²) in [6.07, 6.45) is 1.12. The van der Waals surface area contributed by atoms with Gasteiger partial charge in [-0.1, -0.05) is 31.2 Å². The Labute approximate surface area is 132 Å². The van der Waals surface area contributed by atoms with Crippen LogP contribution in [-0.2, 0) is 22.3 Å². The van der Waals surface area contributed by atoms with E-state index in [0.29, 0.717) is 12.5 Å². The van der Waals surface area contributed by atoms with Crippen molar-refractivity contribution in [2.75, 3.05) is 24.6 Å². The average Bonchev–Trinajstić information content (AvgIpc) is 2.98. The van der Waals surface area contributed by atoms with Crippen LogP contribution in [-0.4, -0.2) is 33.0 Å². The van der Waals surface area contributed by atoms with Gasteiger partial charge in [0.15, 0.2) is 0 Å². The molecule has 1 fully saturated rings. The first-order valence-corrected chi connectivity index (χ1v) is 10.2. The van der Waals surface area contributed by atoms with Gasteiger partial charge in [-0.3, -0.25) is 0 Å². The van der Waals surface area contributed by atoms with E-state index in [9.17, 15) is 8.42 Å². The first-order chi connectivity index (χ1) is 10.1. The van der Waals surface area contributed by atoms with Crippen LogP contribution in [0.1, 0.15) is 24.5 Å². The summed E-state index contributed by atoms with van der Waals surface area (Å²) in [4.78, 5) is 0. The van der Waals surface area contributed by atoms with Gasteiger partial charge in [-0.2, -0.15) is 11.8 Å². The molecule has 0 amide bonds. The fourth-order valence-electron chi connectivity index (χ4n) is 2.28. The van der Waals surface area contributed by atoms with Gasteiger partial charge in [-0.25, -0.2) is 13.1 Å². The Bertz CT molecular complexity index is 523. The molecule has 6 heteroatoms. The van der Waals surface area contributed by atoms with Crippen molar-refractivity contribution in [1.82, 2.24) is 10.0 Å². The zero-order valence-corrected chi connectivity index (χ0v) is 14.1. The van der Waals surface area contributed by atoms with Gasteiger partial charge in [-0.05, 0) is 41.5 Å². The molecule has 1 aliphatic rings. The molecule has 1 aromatic carbocycles. The minimum Gasteiger partial charge on any atom is -0.313 e. The van der Waals surface area contributed by atoms with Crippen LogP contribution in [0.4, 0.5) is 0 Å². The zero-order chi connectivity index (χ0) is 15.1. The van der Waals surface area contributed by atoms with Crippen LogP contribution in [0.2, 0.25) is 0 Å². The van der Waals surface area contributed by atoms with Gasteiger partial charge in [0.25, 0.3) is 0 Å². The lowest BCUT2D eigenvalue weighted by molar-refractivity contribution is 0.545. The minimum absolute atomic E-state index is 0.0638. The highest BCUT2D eigenvalue weighted by Gasteiger charge is 2.18. The second kappa shape index (κ2) is 8.17. The van der Waals surface area contributed by atoms with Crippen molar-refractivity contribution < 1.29 is 8.42 Å². The summed E-state index contributed by atoms with van der Waals surface area (Å²) in [5.41, 5.74) is 2.01. The molecular formula is C15H24N2O2S2. The van der Waals surface area contributed by atoms with Crippen molar-refractivity contribution >= 4 is 21.8 Å². The van der Waals surface area contributed by atoms with Crippen molar-refractivity contribution in [1.29, 1.82) is 0 Å². The number of benzene rings is 1. The van der Waals surface area contributed by atoms with Gasteiger partial charge in [0.1, 0.15) is 0 Å². The number of rotatable bonds is 8. The minimum atomic E-state index is -3.23. The van der Waals surface area contributed by atoms with Crippen molar-refractivity contribution in [3.05, 3.63) is 35.4 Å². The molecule has 0 aliphatic carbocycles. The highest BCUT2D eigenvalue weighted by Crippen LogP contribution is 2.22. The third-order valence-electron chi connectivity index (χ3n) is 3.57. The number of thioether (sulfide) groups is 1.